The molecule has 1 aromatic carbocycles. The summed E-state index contributed by atoms with van der Waals surface area (Å²) in [4.78, 5) is 16.4. The van der Waals surface area contributed by atoms with E-state index in [4.69, 9.17) is 10.9 Å². The van der Waals surface area contributed by atoms with Gasteiger partial charge < -0.3 is 16.3 Å². The highest BCUT2D eigenvalue weighted by molar-refractivity contribution is 6.10. The van der Waals surface area contributed by atoms with Gasteiger partial charge in [0.1, 0.15) is 0 Å². The third kappa shape index (κ3) is 2.69. The van der Waals surface area contributed by atoms with Crippen LogP contribution in [0.1, 0.15) is 13.3 Å². The molecule has 0 radical (unpaired) electrons. The molecule has 0 saturated carbocycles. The molecule has 4 N–H and O–H groups in total. The third-order valence-electron chi connectivity index (χ3n) is 3.09. The molecule has 1 aromatic heterocycles. The van der Waals surface area contributed by atoms with Crippen molar-refractivity contribution in [3.8, 4) is 0 Å². The molecule has 0 saturated heterocycles. The number of amidine groups is 1. The summed E-state index contributed by atoms with van der Waals surface area (Å²) in [6.07, 6.45) is 2.11. The standard InChI is InChI=1S/C14H16N4O2/c1-2-10(13(15)18-20)14(19)17-11-7-3-5-9-6-4-8-16-12(9)11/h3-8,10,20H,2H2,1H3,(H2,15,18)(H,17,19). The van der Waals surface area contributed by atoms with Crippen molar-refractivity contribution in [2.24, 2.45) is 16.8 Å². The zero-order chi connectivity index (χ0) is 14.5. The van der Waals surface area contributed by atoms with E-state index in [1.807, 2.05) is 24.3 Å². The van der Waals surface area contributed by atoms with Gasteiger partial charge in [0.15, 0.2) is 5.84 Å². The van der Waals surface area contributed by atoms with E-state index in [-0.39, 0.29) is 11.7 Å². The fourth-order valence-electron chi connectivity index (χ4n) is 2.02. The number of carbonyl (C=O) groups is 1. The van der Waals surface area contributed by atoms with Gasteiger partial charge in [-0.05, 0) is 18.6 Å². The number of nitrogens with one attached hydrogen (secondary N) is 1. The summed E-state index contributed by atoms with van der Waals surface area (Å²) in [6.45, 7) is 1.80. The van der Waals surface area contributed by atoms with Crippen molar-refractivity contribution in [3.63, 3.8) is 0 Å². The number of nitrogens with zero attached hydrogens (tertiary/aromatic N) is 2. The molecule has 104 valence electrons. The monoisotopic (exact) mass is 272 g/mol. The number of benzene rings is 1. The van der Waals surface area contributed by atoms with Gasteiger partial charge in [-0.2, -0.15) is 0 Å². The Bertz CT molecular complexity index is 649. The van der Waals surface area contributed by atoms with E-state index in [0.29, 0.717) is 17.6 Å². The topological polar surface area (TPSA) is 101 Å². The van der Waals surface area contributed by atoms with Crippen LogP contribution in [-0.2, 0) is 4.79 Å². The Hall–Kier alpha value is -2.63. The van der Waals surface area contributed by atoms with Crippen LogP contribution in [0.5, 0.6) is 0 Å². The molecular weight excluding hydrogens is 256 g/mol. The summed E-state index contributed by atoms with van der Waals surface area (Å²) in [7, 11) is 0. The number of hydrogen-bond donors (Lipinski definition) is 3. The maximum atomic E-state index is 12.2. The smallest absolute Gasteiger partial charge is 0.235 e. The molecule has 0 aliphatic rings. The summed E-state index contributed by atoms with van der Waals surface area (Å²) in [5.74, 6) is -1.09. The minimum absolute atomic E-state index is 0.0989. The highest BCUT2D eigenvalue weighted by atomic mass is 16.4. The van der Waals surface area contributed by atoms with Crippen LogP contribution in [0.25, 0.3) is 10.9 Å². The Balaban J connectivity index is 2.30. The molecule has 2 rings (SSSR count). The van der Waals surface area contributed by atoms with Crippen molar-refractivity contribution in [1.82, 2.24) is 4.98 Å². The van der Waals surface area contributed by atoms with E-state index in [1.54, 1.807) is 19.2 Å². The van der Waals surface area contributed by atoms with Gasteiger partial charge in [0, 0.05) is 11.6 Å². The highest BCUT2D eigenvalue weighted by Crippen LogP contribution is 2.21. The van der Waals surface area contributed by atoms with Gasteiger partial charge >= 0.3 is 0 Å². The Kier molecular flexibility index (Phi) is 4.14. The predicted octanol–water partition coefficient (Wildman–Crippen LogP) is 1.95. The molecule has 1 amide bonds. The number of amides is 1. The first kappa shape index (κ1) is 13.8. The average Bonchev–Trinajstić information content (AvgIpc) is 2.48. The SMILES string of the molecule is CCC(C(=O)Nc1cccc2cccnc12)C(N)=NO. The molecule has 0 fully saturated rings. The van der Waals surface area contributed by atoms with Crippen LogP contribution in [0.3, 0.4) is 0 Å². The Morgan fingerprint density at radius 2 is 2.20 bits per heavy atom. The molecule has 1 heterocycles. The summed E-state index contributed by atoms with van der Waals surface area (Å²) in [5.41, 5.74) is 6.83. The summed E-state index contributed by atoms with van der Waals surface area (Å²) in [6, 6.07) is 9.27. The van der Waals surface area contributed by atoms with Crippen LogP contribution in [0.2, 0.25) is 0 Å². The van der Waals surface area contributed by atoms with Crippen molar-refractivity contribution < 1.29 is 10.0 Å². The quantitative estimate of drug-likeness (QED) is 0.342. The number of anilines is 1. The molecule has 6 nitrogen and oxygen atoms in total. The number of fused-ring (bicyclic) bond motifs is 1. The number of hydrogen-bond acceptors (Lipinski definition) is 4. The van der Waals surface area contributed by atoms with Gasteiger partial charge in [0.2, 0.25) is 5.91 Å². The highest BCUT2D eigenvalue weighted by Gasteiger charge is 2.21. The molecule has 1 unspecified atom stereocenters. The number of para-hydroxylation sites is 1. The van der Waals surface area contributed by atoms with Crippen molar-refractivity contribution in [2.45, 2.75) is 13.3 Å². The zero-order valence-electron chi connectivity index (χ0n) is 11.1. The van der Waals surface area contributed by atoms with E-state index in [9.17, 15) is 4.79 Å². The lowest BCUT2D eigenvalue weighted by Gasteiger charge is -2.14. The molecule has 6 heteroatoms. The van der Waals surface area contributed by atoms with E-state index in [2.05, 4.69) is 15.5 Å². The lowest BCUT2D eigenvalue weighted by molar-refractivity contribution is -0.118. The molecule has 0 aliphatic carbocycles. The Morgan fingerprint density at radius 1 is 1.45 bits per heavy atom. The van der Waals surface area contributed by atoms with E-state index >= 15 is 0 Å². The number of nitrogens with two attached hydrogens (primary N) is 1. The minimum atomic E-state index is -0.668. The molecule has 0 spiro atoms. The fourth-order valence-corrected chi connectivity index (χ4v) is 2.02. The summed E-state index contributed by atoms with van der Waals surface area (Å²) >= 11 is 0. The van der Waals surface area contributed by atoms with Crippen LogP contribution >= 0.6 is 0 Å². The average molecular weight is 272 g/mol. The number of oxime groups is 1. The van der Waals surface area contributed by atoms with Crippen molar-refractivity contribution >= 4 is 28.3 Å². The van der Waals surface area contributed by atoms with Crippen LogP contribution in [0.4, 0.5) is 5.69 Å². The van der Waals surface area contributed by atoms with Crippen LogP contribution in [0.15, 0.2) is 41.7 Å². The first-order valence-corrected chi connectivity index (χ1v) is 6.29. The maximum absolute atomic E-state index is 12.2. The molecule has 2 aromatic rings. The first-order chi connectivity index (χ1) is 9.67. The van der Waals surface area contributed by atoms with Gasteiger partial charge in [0.25, 0.3) is 0 Å². The maximum Gasteiger partial charge on any atom is 0.235 e. The van der Waals surface area contributed by atoms with Crippen molar-refractivity contribution in [2.75, 3.05) is 5.32 Å². The van der Waals surface area contributed by atoms with Crippen LogP contribution in [0, 0.1) is 5.92 Å². The normalized spacial score (nSPS) is 13.2. The Labute approximate surface area is 116 Å². The van der Waals surface area contributed by atoms with E-state index < -0.39 is 5.92 Å². The minimum Gasteiger partial charge on any atom is -0.409 e. The zero-order valence-corrected chi connectivity index (χ0v) is 11.1. The molecule has 0 bridgehead atoms. The Morgan fingerprint density at radius 3 is 2.90 bits per heavy atom. The van der Waals surface area contributed by atoms with Crippen molar-refractivity contribution in [3.05, 3.63) is 36.5 Å². The summed E-state index contributed by atoms with van der Waals surface area (Å²) < 4.78 is 0. The molecule has 20 heavy (non-hydrogen) atoms. The van der Waals surface area contributed by atoms with Crippen molar-refractivity contribution in [1.29, 1.82) is 0 Å². The van der Waals surface area contributed by atoms with E-state index in [0.717, 1.165) is 5.39 Å². The number of aromatic nitrogens is 1. The van der Waals surface area contributed by atoms with Gasteiger partial charge in [-0.25, -0.2) is 0 Å². The number of carbonyl (C=O) groups excluding carboxylic acids is 1. The lowest BCUT2D eigenvalue weighted by atomic mass is 10.0. The summed E-state index contributed by atoms with van der Waals surface area (Å²) in [5, 5.41) is 15.3. The number of rotatable bonds is 4. The van der Waals surface area contributed by atoms with Crippen LogP contribution < -0.4 is 11.1 Å². The van der Waals surface area contributed by atoms with E-state index in [1.165, 1.54) is 0 Å². The van der Waals surface area contributed by atoms with Gasteiger partial charge in [-0.15, -0.1) is 0 Å². The molecule has 1 atom stereocenters. The largest absolute Gasteiger partial charge is 0.409 e. The molecule has 0 aliphatic heterocycles. The fraction of sp³-hybridized carbons (Fsp3) is 0.214. The second-order valence-corrected chi connectivity index (χ2v) is 4.36. The second kappa shape index (κ2) is 6.01. The van der Waals surface area contributed by atoms with Gasteiger partial charge in [0.05, 0.1) is 17.1 Å². The van der Waals surface area contributed by atoms with Crippen LogP contribution in [-0.4, -0.2) is 21.9 Å². The molecular formula is C14H16N4O2. The van der Waals surface area contributed by atoms with Gasteiger partial charge in [-0.1, -0.05) is 30.3 Å². The first-order valence-electron chi connectivity index (χ1n) is 6.29. The third-order valence-corrected chi connectivity index (χ3v) is 3.09. The van der Waals surface area contributed by atoms with Gasteiger partial charge in [-0.3, -0.25) is 9.78 Å². The lowest BCUT2D eigenvalue weighted by Crippen LogP contribution is -2.34. The predicted molar refractivity (Wildman–Crippen MR) is 77.6 cm³/mol. The number of pyridine rings is 1. The second-order valence-electron chi connectivity index (χ2n) is 4.36.